The molecule has 0 aliphatic rings. The van der Waals surface area contributed by atoms with Crippen LogP contribution in [0.15, 0.2) is 29.2 Å². The van der Waals surface area contributed by atoms with Gasteiger partial charge < -0.3 is 13.3 Å². The second-order valence-electron chi connectivity index (χ2n) is 5.17. The molecule has 0 heterocycles. The Kier molecular flexibility index (Phi) is 9.10. The third-order valence-corrected chi connectivity index (χ3v) is 7.75. The van der Waals surface area contributed by atoms with Gasteiger partial charge in [-0.3, -0.25) is 4.18 Å². The molecule has 0 amide bonds. The maximum atomic E-state index is 12.1. The molecule has 0 aromatic heterocycles. The Morgan fingerprint density at radius 2 is 1.42 bits per heavy atom. The van der Waals surface area contributed by atoms with E-state index in [1.165, 1.54) is 0 Å². The summed E-state index contributed by atoms with van der Waals surface area (Å²) in [5.74, 6) is 0. The van der Waals surface area contributed by atoms with Crippen molar-refractivity contribution in [3.05, 3.63) is 29.8 Å². The Hall–Kier alpha value is -0.773. The molecule has 0 radical (unpaired) electrons. The summed E-state index contributed by atoms with van der Waals surface area (Å²) in [6.07, 6.45) is 0.483. The fourth-order valence-electron chi connectivity index (χ4n) is 2.23. The van der Waals surface area contributed by atoms with E-state index in [0.717, 1.165) is 5.56 Å². The standard InChI is InChI=1S/C16H28O6SSi/c1-5-20-24(21-6-2,22-7-3)14-8-13-19-23(17,18)16-11-9-15(4)10-12-16/h9-12H,5-8,13-14H2,1-4H3. The van der Waals surface area contributed by atoms with Crippen molar-refractivity contribution in [3.8, 4) is 0 Å². The van der Waals surface area contributed by atoms with E-state index in [0.29, 0.717) is 32.3 Å². The van der Waals surface area contributed by atoms with Crippen LogP contribution in [0.3, 0.4) is 0 Å². The van der Waals surface area contributed by atoms with E-state index in [9.17, 15) is 8.42 Å². The molecule has 0 atom stereocenters. The highest BCUT2D eigenvalue weighted by Crippen LogP contribution is 2.19. The van der Waals surface area contributed by atoms with Crippen molar-refractivity contribution >= 4 is 18.9 Å². The average molecular weight is 377 g/mol. The fraction of sp³-hybridized carbons (Fsp3) is 0.625. The summed E-state index contributed by atoms with van der Waals surface area (Å²) < 4.78 is 46.6. The maximum absolute atomic E-state index is 12.1. The topological polar surface area (TPSA) is 71.1 Å². The van der Waals surface area contributed by atoms with Gasteiger partial charge in [-0.25, -0.2) is 0 Å². The van der Waals surface area contributed by atoms with Crippen LogP contribution in [0.25, 0.3) is 0 Å². The van der Waals surface area contributed by atoms with Gasteiger partial charge in [0, 0.05) is 25.9 Å². The molecule has 0 aliphatic heterocycles. The van der Waals surface area contributed by atoms with Crippen molar-refractivity contribution in [2.24, 2.45) is 0 Å². The smallest absolute Gasteiger partial charge is 0.374 e. The third kappa shape index (κ3) is 6.62. The van der Waals surface area contributed by atoms with Gasteiger partial charge in [0.25, 0.3) is 10.1 Å². The van der Waals surface area contributed by atoms with Crippen LogP contribution in [0.5, 0.6) is 0 Å². The minimum Gasteiger partial charge on any atom is -0.374 e. The number of hydrogen-bond donors (Lipinski definition) is 0. The number of benzene rings is 1. The van der Waals surface area contributed by atoms with Gasteiger partial charge in [0.1, 0.15) is 0 Å². The molecule has 6 nitrogen and oxygen atoms in total. The number of rotatable bonds is 12. The molecule has 1 aromatic rings. The molecule has 24 heavy (non-hydrogen) atoms. The van der Waals surface area contributed by atoms with Crippen molar-refractivity contribution < 1.29 is 25.9 Å². The Morgan fingerprint density at radius 3 is 1.88 bits per heavy atom. The Bertz CT molecular complexity index is 556. The van der Waals surface area contributed by atoms with E-state index in [4.69, 9.17) is 17.5 Å². The quantitative estimate of drug-likeness (QED) is 0.317. The predicted molar refractivity (Wildman–Crippen MR) is 94.4 cm³/mol. The highest BCUT2D eigenvalue weighted by Gasteiger charge is 2.39. The van der Waals surface area contributed by atoms with Crippen LogP contribution in [-0.2, 0) is 27.6 Å². The van der Waals surface area contributed by atoms with E-state index in [1.807, 2.05) is 27.7 Å². The lowest BCUT2D eigenvalue weighted by molar-refractivity contribution is 0.0697. The number of hydrogen-bond acceptors (Lipinski definition) is 6. The molecule has 0 saturated heterocycles. The minimum absolute atomic E-state index is 0.0676. The second-order valence-corrected chi connectivity index (χ2v) is 9.52. The summed E-state index contributed by atoms with van der Waals surface area (Å²) in [6.45, 7) is 9.11. The first-order chi connectivity index (χ1) is 11.4. The molecule has 8 heteroatoms. The molecule has 0 unspecified atom stereocenters. The van der Waals surface area contributed by atoms with Gasteiger partial charge in [-0.15, -0.1) is 0 Å². The van der Waals surface area contributed by atoms with E-state index < -0.39 is 18.9 Å². The Morgan fingerprint density at radius 1 is 0.917 bits per heavy atom. The van der Waals surface area contributed by atoms with Crippen molar-refractivity contribution in [1.29, 1.82) is 0 Å². The minimum atomic E-state index is -3.74. The van der Waals surface area contributed by atoms with E-state index in [1.54, 1.807) is 24.3 Å². The van der Waals surface area contributed by atoms with Crippen LogP contribution in [0.2, 0.25) is 6.04 Å². The molecule has 1 aromatic carbocycles. The van der Waals surface area contributed by atoms with Gasteiger partial charge in [0.15, 0.2) is 0 Å². The first-order valence-electron chi connectivity index (χ1n) is 8.27. The largest absolute Gasteiger partial charge is 0.501 e. The lowest BCUT2D eigenvalue weighted by Crippen LogP contribution is -2.46. The van der Waals surface area contributed by atoms with Gasteiger partial charge in [-0.05, 0) is 46.2 Å². The molecule has 138 valence electrons. The van der Waals surface area contributed by atoms with E-state index >= 15 is 0 Å². The third-order valence-electron chi connectivity index (χ3n) is 3.27. The van der Waals surface area contributed by atoms with Crippen LogP contribution < -0.4 is 0 Å². The molecule has 0 N–H and O–H groups in total. The lowest BCUT2D eigenvalue weighted by atomic mass is 10.2. The molecular formula is C16H28O6SSi. The first-order valence-corrected chi connectivity index (χ1v) is 11.6. The van der Waals surface area contributed by atoms with Crippen LogP contribution >= 0.6 is 0 Å². The number of aryl methyl sites for hydroxylation is 1. The lowest BCUT2D eigenvalue weighted by Gasteiger charge is -2.28. The summed E-state index contributed by atoms with van der Waals surface area (Å²) in [4.78, 5) is 0.163. The van der Waals surface area contributed by atoms with Crippen molar-refractivity contribution in [1.82, 2.24) is 0 Å². The molecule has 0 fully saturated rings. The van der Waals surface area contributed by atoms with Crippen molar-refractivity contribution in [2.75, 3.05) is 26.4 Å². The van der Waals surface area contributed by atoms with E-state index in [-0.39, 0.29) is 11.5 Å². The van der Waals surface area contributed by atoms with Gasteiger partial charge >= 0.3 is 8.80 Å². The Balaban J connectivity index is 2.59. The normalized spacial score (nSPS) is 12.5. The van der Waals surface area contributed by atoms with Crippen LogP contribution in [0.4, 0.5) is 0 Å². The zero-order valence-corrected chi connectivity index (χ0v) is 16.7. The van der Waals surface area contributed by atoms with Gasteiger partial charge in [-0.2, -0.15) is 8.42 Å². The summed E-state index contributed by atoms with van der Waals surface area (Å²) in [6, 6.07) is 7.10. The fourth-order valence-corrected chi connectivity index (χ4v) is 5.75. The highest BCUT2D eigenvalue weighted by atomic mass is 32.2. The van der Waals surface area contributed by atoms with Crippen LogP contribution in [0.1, 0.15) is 32.8 Å². The SMILES string of the molecule is CCO[Si](CCCOS(=O)(=O)c1ccc(C)cc1)(OCC)OCC. The molecular weight excluding hydrogens is 348 g/mol. The first kappa shape index (κ1) is 21.3. The molecule has 0 spiro atoms. The summed E-state index contributed by atoms with van der Waals surface area (Å²) in [5, 5.41) is 0. The van der Waals surface area contributed by atoms with Crippen molar-refractivity contribution in [2.45, 2.75) is 45.1 Å². The molecule has 0 bridgehead atoms. The van der Waals surface area contributed by atoms with E-state index in [2.05, 4.69) is 0 Å². The van der Waals surface area contributed by atoms with Gasteiger partial charge in [0.2, 0.25) is 0 Å². The van der Waals surface area contributed by atoms with Gasteiger partial charge in [-0.1, -0.05) is 17.7 Å². The Labute approximate surface area is 146 Å². The van der Waals surface area contributed by atoms with Gasteiger partial charge in [0.05, 0.1) is 11.5 Å². The summed E-state index contributed by atoms with van der Waals surface area (Å²) >= 11 is 0. The molecule has 0 saturated carbocycles. The predicted octanol–water partition coefficient (Wildman–Crippen LogP) is 3.14. The van der Waals surface area contributed by atoms with Crippen molar-refractivity contribution in [3.63, 3.8) is 0 Å². The second kappa shape index (κ2) is 10.3. The molecule has 1 rings (SSSR count). The van der Waals surface area contributed by atoms with Crippen LogP contribution in [0, 0.1) is 6.92 Å². The highest BCUT2D eigenvalue weighted by molar-refractivity contribution is 7.86. The summed E-state index contributed by atoms with van der Waals surface area (Å²) in [5.41, 5.74) is 0.995. The monoisotopic (exact) mass is 376 g/mol. The average Bonchev–Trinajstić information content (AvgIpc) is 2.53. The summed E-state index contributed by atoms with van der Waals surface area (Å²) in [7, 11) is -6.49. The zero-order chi connectivity index (χ0) is 18.1. The zero-order valence-electron chi connectivity index (χ0n) is 14.9. The maximum Gasteiger partial charge on any atom is 0.501 e. The van der Waals surface area contributed by atoms with Crippen LogP contribution in [-0.4, -0.2) is 43.6 Å². The molecule has 0 aliphatic carbocycles.